The quantitative estimate of drug-likeness (QED) is 0.226. The van der Waals surface area contributed by atoms with Crippen LogP contribution in [0.3, 0.4) is 0 Å². The summed E-state index contributed by atoms with van der Waals surface area (Å²) >= 11 is 0. The van der Waals surface area contributed by atoms with Crippen molar-refractivity contribution >= 4 is 29.9 Å². The third-order valence-electron chi connectivity index (χ3n) is 5.44. The van der Waals surface area contributed by atoms with Crippen LogP contribution in [-0.4, -0.2) is 35.7 Å². The Morgan fingerprint density at radius 3 is 2.55 bits per heavy atom. The van der Waals surface area contributed by atoms with E-state index in [0.29, 0.717) is 11.8 Å². The topological polar surface area (TPSA) is 75.3 Å². The Morgan fingerprint density at radius 1 is 1.21 bits per heavy atom. The lowest BCUT2D eigenvalue weighted by Crippen LogP contribution is -2.42. The van der Waals surface area contributed by atoms with Crippen molar-refractivity contribution < 1.29 is 4.52 Å². The molecule has 0 amide bonds. The molecule has 7 heteroatoms. The fourth-order valence-electron chi connectivity index (χ4n) is 3.56. The number of nitrogens with zero attached hydrogens (tertiary/aromatic N) is 3. The SMILES string of the molecule is CCNC(=NCC1(c2ccccc2)CCC1)NCCCc1nc(C(C)C)no1.I. The smallest absolute Gasteiger partial charge is 0.226 e. The number of benzene rings is 1. The van der Waals surface area contributed by atoms with E-state index in [1.807, 2.05) is 0 Å². The number of hydrogen-bond donors (Lipinski definition) is 2. The predicted octanol–water partition coefficient (Wildman–Crippen LogP) is 4.42. The average Bonchev–Trinajstić information content (AvgIpc) is 3.14. The molecule has 2 aromatic rings. The molecule has 1 aliphatic carbocycles. The van der Waals surface area contributed by atoms with Gasteiger partial charge in [-0.25, -0.2) is 0 Å². The number of halogens is 1. The fourth-order valence-corrected chi connectivity index (χ4v) is 3.56. The van der Waals surface area contributed by atoms with E-state index in [1.165, 1.54) is 24.8 Å². The lowest BCUT2D eigenvalue weighted by Gasteiger charge is -2.41. The molecule has 1 saturated carbocycles. The third-order valence-corrected chi connectivity index (χ3v) is 5.44. The molecule has 160 valence electrons. The van der Waals surface area contributed by atoms with Gasteiger partial charge in [-0.05, 0) is 31.7 Å². The van der Waals surface area contributed by atoms with Gasteiger partial charge in [0.25, 0.3) is 0 Å². The second-order valence-corrected chi connectivity index (χ2v) is 7.93. The summed E-state index contributed by atoms with van der Waals surface area (Å²) < 4.78 is 5.31. The van der Waals surface area contributed by atoms with E-state index in [9.17, 15) is 0 Å². The van der Waals surface area contributed by atoms with Crippen molar-refractivity contribution in [3.8, 4) is 0 Å². The van der Waals surface area contributed by atoms with Crippen molar-refractivity contribution in [2.24, 2.45) is 4.99 Å². The van der Waals surface area contributed by atoms with Crippen LogP contribution < -0.4 is 10.6 Å². The maximum absolute atomic E-state index is 5.31. The molecule has 29 heavy (non-hydrogen) atoms. The second-order valence-electron chi connectivity index (χ2n) is 7.93. The summed E-state index contributed by atoms with van der Waals surface area (Å²) in [5.41, 5.74) is 1.62. The molecule has 0 saturated heterocycles. The van der Waals surface area contributed by atoms with Gasteiger partial charge in [-0.3, -0.25) is 4.99 Å². The third kappa shape index (κ3) is 6.42. The molecule has 2 N–H and O–H groups in total. The van der Waals surface area contributed by atoms with Gasteiger partial charge in [-0.15, -0.1) is 24.0 Å². The van der Waals surface area contributed by atoms with Gasteiger partial charge < -0.3 is 15.2 Å². The largest absolute Gasteiger partial charge is 0.357 e. The van der Waals surface area contributed by atoms with E-state index < -0.39 is 0 Å². The molecule has 0 radical (unpaired) electrons. The van der Waals surface area contributed by atoms with Crippen molar-refractivity contribution in [3.05, 3.63) is 47.6 Å². The van der Waals surface area contributed by atoms with Crippen LogP contribution in [0.15, 0.2) is 39.8 Å². The normalized spacial score (nSPS) is 15.5. The van der Waals surface area contributed by atoms with E-state index in [1.54, 1.807) is 0 Å². The van der Waals surface area contributed by atoms with Gasteiger partial charge in [0, 0.05) is 30.8 Å². The Balaban J connectivity index is 0.00000300. The minimum Gasteiger partial charge on any atom is -0.357 e. The number of hydrogen-bond acceptors (Lipinski definition) is 4. The number of guanidine groups is 1. The van der Waals surface area contributed by atoms with Crippen molar-refractivity contribution in [1.29, 1.82) is 0 Å². The molecule has 1 aromatic heterocycles. The van der Waals surface area contributed by atoms with Gasteiger partial charge in [-0.2, -0.15) is 4.98 Å². The maximum Gasteiger partial charge on any atom is 0.226 e. The molecule has 0 atom stereocenters. The van der Waals surface area contributed by atoms with Crippen molar-refractivity contribution in [1.82, 2.24) is 20.8 Å². The van der Waals surface area contributed by atoms with Crippen LogP contribution in [0.25, 0.3) is 0 Å². The van der Waals surface area contributed by atoms with E-state index in [0.717, 1.165) is 44.3 Å². The highest BCUT2D eigenvalue weighted by atomic mass is 127. The van der Waals surface area contributed by atoms with Crippen molar-refractivity contribution in [2.45, 2.75) is 64.2 Å². The van der Waals surface area contributed by atoms with Crippen LogP contribution in [0.4, 0.5) is 0 Å². The zero-order valence-corrected chi connectivity index (χ0v) is 20.1. The zero-order chi connectivity index (χ0) is 19.8. The Kier molecular flexibility index (Phi) is 9.39. The minimum absolute atomic E-state index is 0. The summed E-state index contributed by atoms with van der Waals surface area (Å²) in [6.45, 7) is 8.74. The number of nitrogens with one attached hydrogen (secondary N) is 2. The van der Waals surface area contributed by atoms with Crippen LogP contribution >= 0.6 is 24.0 Å². The Bertz CT molecular complexity index is 756. The number of rotatable bonds is 9. The molecule has 0 aliphatic heterocycles. The van der Waals surface area contributed by atoms with Gasteiger partial charge in [0.1, 0.15) is 0 Å². The molecular formula is C22H34IN5O. The number of aromatic nitrogens is 2. The first-order valence-corrected chi connectivity index (χ1v) is 10.5. The van der Waals surface area contributed by atoms with E-state index >= 15 is 0 Å². The molecule has 1 aliphatic rings. The maximum atomic E-state index is 5.31. The van der Waals surface area contributed by atoms with Gasteiger partial charge in [0.2, 0.25) is 5.89 Å². The molecule has 6 nitrogen and oxygen atoms in total. The number of aryl methyl sites for hydroxylation is 1. The highest BCUT2D eigenvalue weighted by molar-refractivity contribution is 14.0. The zero-order valence-electron chi connectivity index (χ0n) is 17.8. The highest BCUT2D eigenvalue weighted by Gasteiger charge is 2.38. The lowest BCUT2D eigenvalue weighted by molar-refractivity contribution is 0.253. The van der Waals surface area contributed by atoms with Crippen LogP contribution in [0.1, 0.15) is 69.7 Å². The fraction of sp³-hybridized carbons (Fsp3) is 0.591. The van der Waals surface area contributed by atoms with Crippen LogP contribution in [0.5, 0.6) is 0 Å². The monoisotopic (exact) mass is 511 g/mol. The predicted molar refractivity (Wildman–Crippen MR) is 128 cm³/mol. The molecule has 1 heterocycles. The van der Waals surface area contributed by atoms with Crippen LogP contribution in [0.2, 0.25) is 0 Å². The molecule has 1 fully saturated rings. The van der Waals surface area contributed by atoms with Crippen molar-refractivity contribution in [2.75, 3.05) is 19.6 Å². The Labute approximate surface area is 191 Å². The Hall–Kier alpha value is -1.64. The average molecular weight is 511 g/mol. The van der Waals surface area contributed by atoms with E-state index in [2.05, 4.69) is 71.9 Å². The van der Waals surface area contributed by atoms with Gasteiger partial charge in [0.05, 0.1) is 6.54 Å². The van der Waals surface area contributed by atoms with E-state index in [-0.39, 0.29) is 29.4 Å². The number of aliphatic imine (C=N–C) groups is 1. The van der Waals surface area contributed by atoms with Gasteiger partial charge >= 0.3 is 0 Å². The molecule has 1 aromatic carbocycles. The molecule has 0 bridgehead atoms. The molecule has 0 spiro atoms. The van der Waals surface area contributed by atoms with Crippen LogP contribution in [-0.2, 0) is 11.8 Å². The van der Waals surface area contributed by atoms with Crippen LogP contribution in [0, 0.1) is 0 Å². The van der Waals surface area contributed by atoms with E-state index in [4.69, 9.17) is 9.52 Å². The summed E-state index contributed by atoms with van der Waals surface area (Å²) in [5.74, 6) is 2.68. The minimum atomic E-state index is 0. The first-order valence-electron chi connectivity index (χ1n) is 10.5. The summed E-state index contributed by atoms with van der Waals surface area (Å²) in [7, 11) is 0. The standard InChI is InChI=1S/C22H33N5O.HI/c1-4-23-21(24-15-8-12-19-26-20(17(2)3)27-28-19)25-16-22(13-9-14-22)18-10-6-5-7-11-18;/h5-7,10-11,17H,4,8-9,12-16H2,1-3H3,(H2,23,24,25);1H. The molecule has 0 unspecified atom stereocenters. The summed E-state index contributed by atoms with van der Waals surface area (Å²) in [5, 5.41) is 10.8. The molecular weight excluding hydrogens is 477 g/mol. The summed E-state index contributed by atoms with van der Waals surface area (Å²) in [6, 6.07) is 10.8. The highest BCUT2D eigenvalue weighted by Crippen LogP contribution is 2.43. The summed E-state index contributed by atoms with van der Waals surface area (Å²) in [4.78, 5) is 9.33. The van der Waals surface area contributed by atoms with Gasteiger partial charge in [0.15, 0.2) is 11.8 Å². The Morgan fingerprint density at radius 2 is 1.97 bits per heavy atom. The summed E-state index contributed by atoms with van der Waals surface area (Å²) in [6.07, 6.45) is 5.43. The van der Waals surface area contributed by atoms with Crippen molar-refractivity contribution in [3.63, 3.8) is 0 Å². The first-order chi connectivity index (χ1) is 13.6. The van der Waals surface area contributed by atoms with Gasteiger partial charge in [-0.1, -0.05) is 55.8 Å². The molecule has 3 rings (SSSR count). The second kappa shape index (κ2) is 11.5. The first kappa shape index (κ1) is 23.6. The lowest BCUT2D eigenvalue weighted by atomic mass is 9.64.